The summed E-state index contributed by atoms with van der Waals surface area (Å²) in [6, 6.07) is 6.59. The van der Waals surface area contributed by atoms with Gasteiger partial charge in [0, 0.05) is 25.9 Å². The third-order valence-electron chi connectivity index (χ3n) is 3.73. The van der Waals surface area contributed by atoms with Crippen molar-refractivity contribution in [3.63, 3.8) is 0 Å². The molecule has 2 rings (SSSR count). The Hall–Kier alpha value is -1.40. The van der Waals surface area contributed by atoms with Crippen LogP contribution in [0.2, 0.25) is 0 Å². The predicted octanol–water partition coefficient (Wildman–Crippen LogP) is 1.96. The van der Waals surface area contributed by atoms with E-state index >= 15 is 0 Å². The molecular weight excluding hydrogens is 290 g/mol. The summed E-state index contributed by atoms with van der Waals surface area (Å²) in [7, 11) is -3.72. The fraction of sp³-hybridized carbons (Fsp3) is 0.533. The van der Waals surface area contributed by atoms with Crippen LogP contribution in [0.4, 0.5) is 0 Å². The van der Waals surface area contributed by atoms with Crippen molar-refractivity contribution in [2.75, 3.05) is 19.7 Å². The molecule has 1 atom stereocenters. The topological polar surface area (TPSA) is 63.7 Å². The first-order valence-corrected chi connectivity index (χ1v) is 8.51. The lowest BCUT2D eigenvalue weighted by Crippen LogP contribution is -2.40. The molecule has 1 amide bonds. The minimum atomic E-state index is -3.72. The molecule has 0 unspecified atom stereocenters. The maximum absolute atomic E-state index is 12.1. The maximum Gasteiger partial charge on any atom is 0.296 e. The number of nitrogens with zero attached hydrogens (tertiary/aromatic N) is 1. The summed E-state index contributed by atoms with van der Waals surface area (Å²) >= 11 is 0. The lowest BCUT2D eigenvalue weighted by Gasteiger charge is -2.31. The standard InChI is InChI=1S/C15H21NO4S/c1-12-5-7-15(8-6-12)21(18,19)20-11-14-4-3-9-16(10-14)13(2)17/h5-8,14H,3-4,9-11H2,1-2H3/t14-/m0/s1. The lowest BCUT2D eigenvalue weighted by atomic mass is 9.99. The maximum atomic E-state index is 12.1. The molecule has 116 valence electrons. The Balaban J connectivity index is 1.95. The monoisotopic (exact) mass is 311 g/mol. The molecule has 0 saturated carbocycles. The van der Waals surface area contributed by atoms with E-state index < -0.39 is 10.1 Å². The van der Waals surface area contributed by atoms with Crippen molar-refractivity contribution >= 4 is 16.0 Å². The number of likely N-dealkylation sites (tertiary alicyclic amines) is 1. The van der Waals surface area contributed by atoms with Crippen LogP contribution < -0.4 is 0 Å². The SMILES string of the molecule is CC(=O)N1CCC[C@H](COS(=O)(=O)c2ccc(C)cc2)C1. The van der Waals surface area contributed by atoms with Crippen LogP contribution in [-0.4, -0.2) is 38.9 Å². The molecule has 21 heavy (non-hydrogen) atoms. The number of benzene rings is 1. The van der Waals surface area contributed by atoms with Gasteiger partial charge in [-0.15, -0.1) is 0 Å². The van der Waals surface area contributed by atoms with Gasteiger partial charge in [-0.05, 0) is 31.9 Å². The molecular formula is C15H21NO4S. The van der Waals surface area contributed by atoms with E-state index in [1.165, 1.54) is 6.92 Å². The summed E-state index contributed by atoms with van der Waals surface area (Å²) in [6.07, 6.45) is 1.77. The van der Waals surface area contributed by atoms with Gasteiger partial charge in [0.05, 0.1) is 11.5 Å². The molecule has 1 fully saturated rings. The van der Waals surface area contributed by atoms with Gasteiger partial charge in [0.1, 0.15) is 0 Å². The second kappa shape index (κ2) is 6.58. The van der Waals surface area contributed by atoms with E-state index in [-0.39, 0.29) is 23.3 Å². The van der Waals surface area contributed by atoms with Gasteiger partial charge in [0.25, 0.3) is 10.1 Å². The van der Waals surface area contributed by atoms with E-state index in [0.29, 0.717) is 6.54 Å². The largest absolute Gasteiger partial charge is 0.343 e. The Morgan fingerprint density at radius 3 is 2.62 bits per heavy atom. The van der Waals surface area contributed by atoms with Gasteiger partial charge in [-0.2, -0.15) is 8.42 Å². The Bertz CT molecular complexity index is 595. The minimum Gasteiger partial charge on any atom is -0.343 e. The highest BCUT2D eigenvalue weighted by Crippen LogP contribution is 2.20. The van der Waals surface area contributed by atoms with Crippen molar-refractivity contribution in [1.29, 1.82) is 0 Å². The van der Waals surface area contributed by atoms with Gasteiger partial charge in [0.15, 0.2) is 0 Å². The molecule has 0 aromatic heterocycles. The van der Waals surface area contributed by atoms with Gasteiger partial charge >= 0.3 is 0 Å². The number of piperidine rings is 1. The second-order valence-electron chi connectivity index (χ2n) is 5.52. The first-order valence-electron chi connectivity index (χ1n) is 7.10. The first kappa shape index (κ1) is 16.0. The third-order valence-corrected chi connectivity index (χ3v) is 5.03. The second-order valence-corrected chi connectivity index (χ2v) is 7.14. The fourth-order valence-electron chi connectivity index (χ4n) is 2.45. The summed E-state index contributed by atoms with van der Waals surface area (Å²) < 4.78 is 29.4. The van der Waals surface area contributed by atoms with E-state index in [0.717, 1.165) is 24.9 Å². The number of carbonyl (C=O) groups is 1. The smallest absolute Gasteiger partial charge is 0.296 e. The summed E-state index contributed by atoms with van der Waals surface area (Å²) in [6.45, 7) is 4.87. The van der Waals surface area contributed by atoms with E-state index in [4.69, 9.17) is 4.18 Å². The Labute approximate surface area is 126 Å². The van der Waals surface area contributed by atoms with Gasteiger partial charge in [0.2, 0.25) is 5.91 Å². The summed E-state index contributed by atoms with van der Waals surface area (Å²) in [4.78, 5) is 13.3. The highest BCUT2D eigenvalue weighted by atomic mass is 32.2. The molecule has 0 N–H and O–H groups in total. The van der Waals surface area contributed by atoms with Crippen molar-refractivity contribution in [2.24, 2.45) is 5.92 Å². The molecule has 1 aromatic carbocycles. The molecule has 0 spiro atoms. The van der Waals surface area contributed by atoms with Crippen molar-refractivity contribution in [3.8, 4) is 0 Å². The Morgan fingerprint density at radius 1 is 1.33 bits per heavy atom. The zero-order valence-corrected chi connectivity index (χ0v) is 13.2. The van der Waals surface area contributed by atoms with Crippen LogP contribution in [0.25, 0.3) is 0 Å². The zero-order chi connectivity index (χ0) is 15.5. The van der Waals surface area contributed by atoms with Crippen molar-refractivity contribution in [1.82, 2.24) is 4.90 Å². The van der Waals surface area contributed by atoms with Crippen LogP contribution in [0.5, 0.6) is 0 Å². The molecule has 1 aliphatic rings. The molecule has 1 saturated heterocycles. The minimum absolute atomic E-state index is 0.0288. The average molecular weight is 311 g/mol. The quantitative estimate of drug-likeness (QED) is 0.797. The number of aryl methyl sites for hydroxylation is 1. The van der Waals surface area contributed by atoms with E-state index in [1.54, 1.807) is 29.2 Å². The summed E-state index contributed by atoms with van der Waals surface area (Å²) in [5.74, 6) is 0.101. The molecule has 6 heteroatoms. The van der Waals surface area contributed by atoms with Crippen molar-refractivity contribution in [2.45, 2.75) is 31.6 Å². The van der Waals surface area contributed by atoms with Crippen LogP contribution in [0.3, 0.4) is 0 Å². The van der Waals surface area contributed by atoms with Crippen LogP contribution >= 0.6 is 0 Å². The van der Waals surface area contributed by atoms with Crippen molar-refractivity contribution in [3.05, 3.63) is 29.8 Å². The first-order chi connectivity index (χ1) is 9.88. The Morgan fingerprint density at radius 2 is 2.00 bits per heavy atom. The molecule has 0 radical (unpaired) electrons. The summed E-state index contributed by atoms with van der Waals surface area (Å²) in [5.41, 5.74) is 0.998. The number of hydrogen-bond acceptors (Lipinski definition) is 4. The van der Waals surface area contributed by atoms with Crippen LogP contribution in [-0.2, 0) is 19.1 Å². The van der Waals surface area contributed by atoms with E-state index in [9.17, 15) is 13.2 Å². The summed E-state index contributed by atoms with van der Waals surface area (Å²) in [5, 5.41) is 0. The molecule has 1 heterocycles. The van der Waals surface area contributed by atoms with Crippen LogP contribution in [0.15, 0.2) is 29.2 Å². The van der Waals surface area contributed by atoms with Crippen molar-refractivity contribution < 1.29 is 17.4 Å². The third kappa shape index (κ3) is 4.28. The van der Waals surface area contributed by atoms with Gasteiger partial charge < -0.3 is 4.90 Å². The highest BCUT2D eigenvalue weighted by molar-refractivity contribution is 7.86. The molecule has 1 aromatic rings. The predicted molar refractivity (Wildman–Crippen MR) is 79.3 cm³/mol. The molecule has 0 bridgehead atoms. The van der Waals surface area contributed by atoms with E-state index in [2.05, 4.69) is 0 Å². The fourth-order valence-corrected chi connectivity index (χ4v) is 3.42. The van der Waals surface area contributed by atoms with Gasteiger partial charge in [-0.1, -0.05) is 17.7 Å². The van der Waals surface area contributed by atoms with Crippen LogP contribution in [0, 0.1) is 12.8 Å². The average Bonchev–Trinajstić information content (AvgIpc) is 2.46. The zero-order valence-electron chi connectivity index (χ0n) is 12.4. The van der Waals surface area contributed by atoms with Gasteiger partial charge in [-0.3, -0.25) is 8.98 Å². The van der Waals surface area contributed by atoms with E-state index in [1.807, 2.05) is 6.92 Å². The number of amides is 1. The number of hydrogen-bond donors (Lipinski definition) is 0. The normalized spacial score (nSPS) is 19.5. The lowest BCUT2D eigenvalue weighted by molar-refractivity contribution is -0.130. The molecule has 0 aliphatic carbocycles. The number of rotatable bonds is 4. The molecule has 1 aliphatic heterocycles. The highest BCUT2D eigenvalue weighted by Gasteiger charge is 2.24. The Kier molecular flexibility index (Phi) is 5.00. The molecule has 5 nitrogen and oxygen atoms in total. The van der Waals surface area contributed by atoms with Gasteiger partial charge in [-0.25, -0.2) is 0 Å². The van der Waals surface area contributed by atoms with Crippen LogP contribution in [0.1, 0.15) is 25.3 Å². The number of carbonyl (C=O) groups excluding carboxylic acids is 1.